The van der Waals surface area contributed by atoms with Gasteiger partial charge in [0.15, 0.2) is 0 Å². The van der Waals surface area contributed by atoms with Crippen molar-refractivity contribution in [2.24, 2.45) is 11.1 Å². The zero-order valence-corrected chi connectivity index (χ0v) is 32.3. The molecule has 7 rings (SSSR count). The van der Waals surface area contributed by atoms with Gasteiger partial charge in [0.2, 0.25) is 0 Å². The van der Waals surface area contributed by atoms with Crippen LogP contribution in [0.1, 0.15) is 53.2 Å². The topological polar surface area (TPSA) is 109 Å². The molecule has 55 heavy (non-hydrogen) atoms. The van der Waals surface area contributed by atoms with Gasteiger partial charge in [0.05, 0.1) is 25.3 Å². The highest BCUT2D eigenvalue weighted by Gasteiger charge is 2.52. The lowest BCUT2D eigenvalue weighted by molar-refractivity contribution is -0.122. The van der Waals surface area contributed by atoms with E-state index < -0.39 is 17.9 Å². The van der Waals surface area contributed by atoms with Gasteiger partial charge in [0.25, 0.3) is 12.4 Å². The normalized spacial score (nSPS) is 16.6. The summed E-state index contributed by atoms with van der Waals surface area (Å²) in [5.41, 5.74) is 11.3. The largest absolute Gasteiger partial charge is 0.496 e. The van der Waals surface area contributed by atoms with Crippen LogP contribution in [0.15, 0.2) is 60.7 Å². The molecule has 4 aromatic carbocycles. The number of alkyl halides is 2. The van der Waals surface area contributed by atoms with E-state index in [2.05, 4.69) is 60.4 Å². The number of nitrogens with zero attached hydrogens (tertiary/aromatic N) is 3. The van der Waals surface area contributed by atoms with Crippen LogP contribution in [0.3, 0.4) is 0 Å². The van der Waals surface area contributed by atoms with Gasteiger partial charge in [-0.15, -0.1) is 0 Å². The van der Waals surface area contributed by atoms with E-state index >= 15 is 0 Å². The SMILES string of the molecule is CCCc1cccc2c(-c3c(OC)cc(CN4CC5(CC(F)C5)C4)cc3OC)cccc12.Cc1cc(N2CCN(CCF)CC2)cc(F)c1C(N)=O.O=CO. The number of carbonyl (C=O) groups is 2. The number of fused-ring (bicyclic) bond motifs is 1. The van der Waals surface area contributed by atoms with Gasteiger partial charge >= 0.3 is 0 Å². The Balaban J connectivity index is 0.000000217. The first-order valence-corrected chi connectivity index (χ1v) is 18.8. The minimum absolute atomic E-state index is 0.0511. The summed E-state index contributed by atoms with van der Waals surface area (Å²) in [6.07, 6.45) is 3.06. The van der Waals surface area contributed by atoms with E-state index in [4.69, 9.17) is 25.1 Å². The Bertz CT molecular complexity index is 1890. The fraction of sp³-hybridized carbons (Fsp3) is 0.442. The first-order chi connectivity index (χ1) is 26.5. The average Bonchev–Trinajstić information content (AvgIpc) is 3.13. The molecular formula is C43H53F3N4O5. The number of carboxylic acid groups (broad SMARTS) is 1. The van der Waals surface area contributed by atoms with E-state index in [1.54, 1.807) is 27.2 Å². The Kier molecular flexibility index (Phi) is 14.0. The van der Waals surface area contributed by atoms with Gasteiger partial charge in [-0.25, -0.2) is 13.2 Å². The molecule has 9 nitrogen and oxygen atoms in total. The van der Waals surface area contributed by atoms with Gasteiger partial charge in [-0.05, 0) is 83.5 Å². The maximum Gasteiger partial charge on any atom is 0.290 e. The number of methoxy groups -OCH3 is 2. The van der Waals surface area contributed by atoms with E-state index in [0.717, 1.165) is 99.8 Å². The van der Waals surface area contributed by atoms with Crippen molar-refractivity contribution in [1.29, 1.82) is 0 Å². The number of rotatable bonds is 11. The number of amides is 1. The summed E-state index contributed by atoms with van der Waals surface area (Å²) < 4.78 is 51.3. The lowest BCUT2D eigenvalue weighted by Crippen LogP contribution is -2.62. The molecule has 0 atom stereocenters. The zero-order chi connectivity index (χ0) is 39.7. The molecule has 3 aliphatic rings. The molecule has 0 bridgehead atoms. The fourth-order valence-corrected chi connectivity index (χ4v) is 8.38. The number of hydrogen-bond acceptors (Lipinski definition) is 7. The van der Waals surface area contributed by atoms with Crippen molar-refractivity contribution in [3.8, 4) is 22.6 Å². The number of piperazine rings is 1. The van der Waals surface area contributed by atoms with E-state index in [0.29, 0.717) is 12.1 Å². The third-order valence-corrected chi connectivity index (χ3v) is 10.9. The van der Waals surface area contributed by atoms with Crippen molar-refractivity contribution in [3.63, 3.8) is 0 Å². The molecule has 296 valence electrons. The summed E-state index contributed by atoms with van der Waals surface area (Å²) >= 11 is 0. The van der Waals surface area contributed by atoms with Crippen molar-refractivity contribution in [3.05, 3.63) is 88.7 Å². The highest BCUT2D eigenvalue weighted by molar-refractivity contribution is 6.01. The Morgan fingerprint density at radius 3 is 2.13 bits per heavy atom. The summed E-state index contributed by atoms with van der Waals surface area (Å²) in [7, 11) is 3.45. The maximum atomic E-state index is 13.9. The minimum Gasteiger partial charge on any atom is -0.496 e. The Morgan fingerprint density at radius 1 is 0.964 bits per heavy atom. The molecule has 2 aliphatic heterocycles. The van der Waals surface area contributed by atoms with Crippen LogP contribution < -0.4 is 20.1 Å². The predicted molar refractivity (Wildman–Crippen MR) is 211 cm³/mol. The number of benzene rings is 4. The molecule has 3 N–H and O–H groups in total. The Morgan fingerprint density at radius 2 is 1.58 bits per heavy atom. The van der Waals surface area contributed by atoms with Crippen molar-refractivity contribution in [1.82, 2.24) is 9.80 Å². The Hall–Kier alpha value is -4.81. The van der Waals surface area contributed by atoms with Gasteiger partial charge in [-0.3, -0.25) is 19.4 Å². The lowest BCUT2D eigenvalue weighted by Gasteiger charge is -2.57. The van der Waals surface area contributed by atoms with Gasteiger partial charge in [-0.2, -0.15) is 0 Å². The second-order valence-corrected chi connectivity index (χ2v) is 14.7. The number of primary amides is 1. The molecule has 4 aromatic rings. The number of carbonyl (C=O) groups excluding carboxylic acids is 1. The number of halogens is 3. The molecule has 1 spiro atoms. The van der Waals surface area contributed by atoms with Crippen LogP contribution in [-0.4, -0.2) is 100 Å². The van der Waals surface area contributed by atoms with Crippen LogP contribution in [0.2, 0.25) is 0 Å². The van der Waals surface area contributed by atoms with Crippen LogP contribution >= 0.6 is 0 Å². The number of aryl methyl sites for hydroxylation is 2. The van der Waals surface area contributed by atoms with E-state index in [1.807, 2.05) is 9.80 Å². The monoisotopic (exact) mass is 762 g/mol. The maximum absolute atomic E-state index is 13.9. The molecule has 0 aromatic heterocycles. The zero-order valence-electron chi connectivity index (χ0n) is 32.3. The third-order valence-electron chi connectivity index (χ3n) is 10.9. The summed E-state index contributed by atoms with van der Waals surface area (Å²) in [6.45, 7) is 9.49. The molecule has 0 radical (unpaired) electrons. The van der Waals surface area contributed by atoms with Crippen LogP contribution in [0.5, 0.6) is 11.5 Å². The number of likely N-dealkylation sites (tertiary alicyclic amines) is 1. The molecule has 2 heterocycles. The molecule has 12 heteroatoms. The molecule has 1 saturated carbocycles. The molecule has 2 saturated heterocycles. The Labute approximate surface area is 321 Å². The van der Waals surface area contributed by atoms with Gasteiger partial charge in [0.1, 0.15) is 30.2 Å². The van der Waals surface area contributed by atoms with Crippen LogP contribution in [0.4, 0.5) is 18.9 Å². The standard InChI is InChI=1S/C28H32FNO2.C14H19F2N3O.CH2O2/c1-4-7-20-8-5-10-23-22(20)9-6-11-24(23)27-25(31-2)12-19(13-26(27)32-3)16-30-17-28(18-30)14-21(29)15-28;1-10-8-11(9-12(16)13(10)14(17)20)19-6-4-18(3-2-15)5-7-19;2-1-3/h5-6,8-13,21H,4,7,14-18H2,1-3H3;8-9H,2-7H2,1H3,(H2,17,20);1H,(H,2,3). The van der Waals surface area contributed by atoms with Crippen molar-refractivity contribution in [2.75, 3.05) is 71.6 Å². The number of anilines is 1. The van der Waals surface area contributed by atoms with E-state index in [1.165, 1.54) is 28.0 Å². The summed E-state index contributed by atoms with van der Waals surface area (Å²) in [4.78, 5) is 26.0. The minimum atomic E-state index is -0.751. The average molecular weight is 763 g/mol. The molecule has 1 amide bonds. The van der Waals surface area contributed by atoms with Crippen molar-refractivity contribution in [2.45, 2.75) is 52.2 Å². The van der Waals surface area contributed by atoms with Crippen molar-refractivity contribution >= 4 is 28.8 Å². The summed E-state index contributed by atoms with van der Waals surface area (Å²) in [5, 5.41) is 9.40. The van der Waals surface area contributed by atoms with Gasteiger partial charge in [-0.1, -0.05) is 49.7 Å². The third kappa shape index (κ3) is 9.53. The van der Waals surface area contributed by atoms with Crippen LogP contribution in [-0.2, 0) is 17.8 Å². The fourth-order valence-electron chi connectivity index (χ4n) is 8.38. The van der Waals surface area contributed by atoms with E-state index in [-0.39, 0.29) is 24.1 Å². The molecular weight excluding hydrogens is 709 g/mol. The molecule has 3 fully saturated rings. The predicted octanol–water partition coefficient (Wildman–Crippen LogP) is 7.44. The number of nitrogens with two attached hydrogens (primary N) is 1. The van der Waals surface area contributed by atoms with Gasteiger partial charge in [0, 0.05) is 63.5 Å². The van der Waals surface area contributed by atoms with Gasteiger partial charge < -0.3 is 25.2 Å². The van der Waals surface area contributed by atoms with Crippen molar-refractivity contribution < 1.29 is 37.3 Å². The quantitative estimate of drug-likeness (QED) is 0.152. The first-order valence-electron chi connectivity index (χ1n) is 18.8. The second kappa shape index (κ2) is 18.7. The highest BCUT2D eigenvalue weighted by atomic mass is 19.1. The molecule has 0 unspecified atom stereocenters. The highest BCUT2D eigenvalue weighted by Crippen LogP contribution is 2.50. The summed E-state index contributed by atoms with van der Waals surface area (Å²) in [5.74, 6) is 0.323. The smallest absolute Gasteiger partial charge is 0.290 e. The van der Waals surface area contributed by atoms with E-state index in [9.17, 15) is 18.0 Å². The summed E-state index contributed by atoms with van der Waals surface area (Å²) in [6, 6.07) is 20.4. The second-order valence-electron chi connectivity index (χ2n) is 14.7. The van der Waals surface area contributed by atoms with Crippen LogP contribution in [0.25, 0.3) is 21.9 Å². The molecule has 1 aliphatic carbocycles. The lowest BCUT2D eigenvalue weighted by atomic mass is 9.62. The number of ether oxygens (including phenoxy) is 2. The first kappa shape index (κ1) is 41.4. The number of hydrogen-bond donors (Lipinski definition) is 2. The van der Waals surface area contributed by atoms with Crippen LogP contribution in [0, 0.1) is 18.2 Å².